The van der Waals surface area contributed by atoms with Crippen molar-refractivity contribution in [2.45, 2.75) is 25.7 Å². The van der Waals surface area contributed by atoms with Gasteiger partial charge in [-0.2, -0.15) is 4.98 Å². The van der Waals surface area contributed by atoms with Crippen LogP contribution in [0, 0.1) is 5.82 Å². The molecule has 1 aromatic heterocycles. The first kappa shape index (κ1) is 21.5. The molecule has 1 aliphatic rings. The van der Waals surface area contributed by atoms with Crippen LogP contribution in [-0.4, -0.2) is 46.6 Å². The van der Waals surface area contributed by atoms with Gasteiger partial charge in [-0.1, -0.05) is 5.16 Å². The van der Waals surface area contributed by atoms with Crippen molar-refractivity contribution in [2.75, 3.05) is 25.0 Å². The number of anilines is 1. The Morgan fingerprint density at radius 2 is 1.81 bits per heavy atom. The third-order valence-corrected chi connectivity index (χ3v) is 5.28. The van der Waals surface area contributed by atoms with Crippen molar-refractivity contribution >= 4 is 17.5 Å². The lowest BCUT2D eigenvalue weighted by Gasteiger charge is -2.30. The Balaban J connectivity index is 1.29. The molecule has 1 aliphatic heterocycles. The molecule has 8 nitrogen and oxygen atoms in total. The summed E-state index contributed by atoms with van der Waals surface area (Å²) in [6.45, 7) is 2.51. The highest BCUT2D eigenvalue weighted by molar-refractivity contribution is 5.88. The molecule has 0 radical (unpaired) electrons. The van der Waals surface area contributed by atoms with Gasteiger partial charge < -0.3 is 19.5 Å². The molecule has 0 unspecified atom stereocenters. The zero-order valence-corrected chi connectivity index (χ0v) is 17.6. The number of carbonyl (C=O) groups excluding carboxylic acids is 2. The highest BCUT2D eigenvalue weighted by Gasteiger charge is 2.27. The number of hydrogen-bond acceptors (Lipinski definition) is 6. The highest BCUT2D eigenvalue weighted by Crippen LogP contribution is 2.29. The number of hydrogen-bond donors (Lipinski definition) is 1. The molecule has 0 spiro atoms. The summed E-state index contributed by atoms with van der Waals surface area (Å²) in [5.74, 6) is 0.984. The molecule has 0 bridgehead atoms. The van der Waals surface area contributed by atoms with Crippen LogP contribution in [0.2, 0.25) is 0 Å². The molecular formula is C23H23FN4O4. The van der Waals surface area contributed by atoms with Gasteiger partial charge in [0.2, 0.25) is 17.6 Å². The first-order valence-corrected chi connectivity index (χ1v) is 10.4. The molecule has 166 valence electrons. The number of piperidine rings is 1. The topological polar surface area (TPSA) is 97.6 Å². The fourth-order valence-electron chi connectivity index (χ4n) is 3.57. The SMILES string of the molecule is CC(=O)Nc1ccc(-c2noc(C3CCN(C(=O)COc4ccc(F)cc4)CC3)n2)cc1. The van der Waals surface area contributed by atoms with Crippen molar-refractivity contribution in [2.24, 2.45) is 0 Å². The third kappa shape index (κ3) is 5.29. The van der Waals surface area contributed by atoms with Crippen LogP contribution in [0.25, 0.3) is 11.4 Å². The van der Waals surface area contributed by atoms with Gasteiger partial charge in [0, 0.05) is 37.2 Å². The van der Waals surface area contributed by atoms with Gasteiger partial charge in [-0.15, -0.1) is 0 Å². The summed E-state index contributed by atoms with van der Waals surface area (Å²) in [6.07, 6.45) is 1.43. The monoisotopic (exact) mass is 438 g/mol. The van der Waals surface area contributed by atoms with E-state index in [2.05, 4.69) is 15.5 Å². The van der Waals surface area contributed by atoms with Crippen LogP contribution >= 0.6 is 0 Å². The Morgan fingerprint density at radius 1 is 1.12 bits per heavy atom. The molecule has 3 aromatic rings. The zero-order chi connectivity index (χ0) is 22.5. The van der Waals surface area contributed by atoms with Gasteiger partial charge in [-0.25, -0.2) is 4.39 Å². The lowest BCUT2D eigenvalue weighted by atomic mass is 9.97. The van der Waals surface area contributed by atoms with Crippen molar-refractivity contribution in [3.63, 3.8) is 0 Å². The molecule has 2 amide bonds. The van der Waals surface area contributed by atoms with Crippen molar-refractivity contribution in [1.29, 1.82) is 0 Å². The molecule has 0 aliphatic carbocycles. The minimum absolute atomic E-state index is 0.0805. The van der Waals surface area contributed by atoms with Crippen LogP contribution in [0.4, 0.5) is 10.1 Å². The summed E-state index contributed by atoms with van der Waals surface area (Å²) in [5, 5.41) is 6.79. The Bertz CT molecular complexity index is 1070. The quantitative estimate of drug-likeness (QED) is 0.631. The Hall–Kier alpha value is -3.75. The van der Waals surface area contributed by atoms with Crippen LogP contribution in [0.1, 0.15) is 31.6 Å². The van der Waals surface area contributed by atoms with Gasteiger partial charge in [-0.05, 0) is 61.4 Å². The summed E-state index contributed by atoms with van der Waals surface area (Å²) in [7, 11) is 0. The largest absolute Gasteiger partial charge is 0.484 e. The first-order valence-electron chi connectivity index (χ1n) is 10.4. The lowest BCUT2D eigenvalue weighted by molar-refractivity contribution is -0.134. The number of nitrogens with one attached hydrogen (secondary N) is 1. The maximum absolute atomic E-state index is 12.9. The first-order chi connectivity index (χ1) is 15.5. The number of halogens is 1. The molecule has 9 heteroatoms. The summed E-state index contributed by atoms with van der Waals surface area (Å²) >= 11 is 0. The smallest absolute Gasteiger partial charge is 0.260 e. The minimum Gasteiger partial charge on any atom is -0.484 e. The summed E-state index contributed by atoms with van der Waals surface area (Å²) in [4.78, 5) is 29.8. The normalized spacial score (nSPS) is 14.2. The number of benzene rings is 2. The second kappa shape index (κ2) is 9.59. The number of aromatic nitrogens is 2. The average molecular weight is 438 g/mol. The van der Waals surface area contributed by atoms with Gasteiger partial charge in [0.25, 0.3) is 5.91 Å². The van der Waals surface area contributed by atoms with E-state index in [0.29, 0.717) is 49.1 Å². The van der Waals surface area contributed by atoms with E-state index in [1.807, 2.05) is 12.1 Å². The van der Waals surface area contributed by atoms with E-state index in [-0.39, 0.29) is 30.2 Å². The van der Waals surface area contributed by atoms with E-state index in [4.69, 9.17) is 9.26 Å². The second-order valence-electron chi connectivity index (χ2n) is 7.61. The van der Waals surface area contributed by atoms with Crippen molar-refractivity contribution in [3.8, 4) is 17.1 Å². The summed E-state index contributed by atoms with van der Waals surface area (Å²) in [5.41, 5.74) is 1.49. The predicted molar refractivity (Wildman–Crippen MR) is 114 cm³/mol. The standard InChI is InChI=1S/C23H23FN4O4/c1-15(29)25-19-6-2-16(3-7-19)22-26-23(32-27-22)17-10-12-28(13-11-17)21(30)14-31-20-8-4-18(24)5-9-20/h2-9,17H,10-14H2,1H3,(H,25,29). The number of nitrogens with zero attached hydrogens (tertiary/aromatic N) is 3. The number of rotatable bonds is 6. The minimum atomic E-state index is -0.350. The van der Waals surface area contributed by atoms with Gasteiger partial charge in [0.05, 0.1) is 0 Å². The fraction of sp³-hybridized carbons (Fsp3) is 0.304. The third-order valence-electron chi connectivity index (χ3n) is 5.28. The molecule has 2 heterocycles. The molecular weight excluding hydrogens is 415 g/mol. The number of likely N-dealkylation sites (tertiary alicyclic amines) is 1. The number of carbonyl (C=O) groups is 2. The molecule has 0 saturated carbocycles. The molecule has 1 fully saturated rings. The van der Waals surface area contributed by atoms with Crippen LogP contribution < -0.4 is 10.1 Å². The van der Waals surface area contributed by atoms with Gasteiger partial charge >= 0.3 is 0 Å². The van der Waals surface area contributed by atoms with E-state index in [9.17, 15) is 14.0 Å². The Morgan fingerprint density at radius 3 is 2.47 bits per heavy atom. The molecule has 1 N–H and O–H groups in total. The molecule has 0 atom stereocenters. The van der Waals surface area contributed by atoms with E-state index < -0.39 is 0 Å². The Kier molecular flexibility index (Phi) is 6.44. The maximum Gasteiger partial charge on any atom is 0.260 e. The number of ether oxygens (including phenoxy) is 1. The summed E-state index contributed by atoms with van der Waals surface area (Å²) in [6, 6.07) is 12.8. The van der Waals surface area contributed by atoms with Crippen molar-refractivity contribution in [3.05, 3.63) is 60.2 Å². The van der Waals surface area contributed by atoms with E-state index in [1.165, 1.54) is 31.2 Å². The van der Waals surface area contributed by atoms with Crippen LogP contribution in [0.3, 0.4) is 0 Å². The maximum atomic E-state index is 12.9. The Labute approximate surface area is 184 Å². The van der Waals surface area contributed by atoms with Crippen LogP contribution in [-0.2, 0) is 9.59 Å². The molecule has 32 heavy (non-hydrogen) atoms. The van der Waals surface area contributed by atoms with Gasteiger partial charge in [-0.3, -0.25) is 9.59 Å². The molecule has 1 saturated heterocycles. The molecule has 4 rings (SSSR count). The van der Waals surface area contributed by atoms with Crippen LogP contribution in [0.5, 0.6) is 5.75 Å². The van der Waals surface area contributed by atoms with Crippen molar-refractivity contribution in [1.82, 2.24) is 15.0 Å². The fourth-order valence-corrected chi connectivity index (χ4v) is 3.57. The van der Waals surface area contributed by atoms with E-state index >= 15 is 0 Å². The highest BCUT2D eigenvalue weighted by atomic mass is 19.1. The van der Waals surface area contributed by atoms with E-state index in [0.717, 1.165) is 5.56 Å². The van der Waals surface area contributed by atoms with E-state index in [1.54, 1.807) is 17.0 Å². The second-order valence-corrected chi connectivity index (χ2v) is 7.61. The van der Waals surface area contributed by atoms with Crippen molar-refractivity contribution < 1.29 is 23.2 Å². The van der Waals surface area contributed by atoms with Crippen LogP contribution in [0.15, 0.2) is 53.1 Å². The zero-order valence-electron chi connectivity index (χ0n) is 17.6. The van der Waals surface area contributed by atoms with Gasteiger partial charge in [0.15, 0.2) is 6.61 Å². The summed E-state index contributed by atoms with van der Waals surface area (Å²) < 4.78 is 23.9. The average Bonchev–Trinajstić information content (AvgIpc) is 3.29. The lowest BCUT2D eigenvalue weighted by Crippen LogP contribution is -2.40. The molecule has 2 aromatic carbocycles. The van der Waals surface area contributed by atoms with Gasteiger partial charge in [0.1, 0.15) is 11.6 Å². The predicted octanol–water partition coefficient (Wildman–Crippen LogP) is 3.62. The number of amides is 2.